The summed E-state index contributed by atoms with van der Waals surface area (Å²) in [5.41, 5.74) is -2.17. The molecule has 11 heteroatoms. The van der Waals surface area contributed by atoms with Crippen LogP contribution in [0.5, 0.6) is 0 Å². The van der Waals surface area contributed by atoms with Crippen LogP contribution in [0.1, 0.15) is 15.9 Å². The van der Waals surface area contributed by atoms with Gasteiger partial charge in [-0.1, -0.05) is 11.6 Å². The van der Waals surface area contributed by atoms with Crippen molar-refractivity contribution >= 4 is 23.3 Å². The first kappa shape index (κ1) is 18.6. The number of carbonyl (C=O) groups is 1. The molecule has 2 rings (SSSR count). The second kappa shape index (κ2) is 7.01. The Morgan fingerprint density at radius 1 is 1.04 bits per heavy atom. The molecule has 0 saturated heterocycles. The highest BCUT2D eigenvalue weighted by Crippen LogP contribution is 2.26. The van der Waals surface area contributed by atoms with Gasteiger partial charge in [0.2, 0.25) is 5.82 Å². The monoisotopic (exact) mass is 381 g/mol. The van der Waals surface area contributed by atoms with E-state index in [-0.39, 0.29) is 0 Å². The second-order valence-corrected chi connectivity index (χ2v) is 4.95. The third-order valence-electron chi connectivity index (χ3n) is 3.03. The molecule has 5 nitrogen and oxygen atoms in total. The fourth-order valence-corrected chi connectivity index (χ4v) is 2.03. The molecule has 25 heavy (non-hydrogen) atoms. The summed E-state index contributed by atoms with van der Waals surface area (Å²) in [6.07, 6.45) is 0. The predicted molar refractivity (Wildman–Crippen MR) is 73.5 cm³/mol. The number of benzene rings is 2. The van der Waals surface area contributed by atoms with Gasteiger partial charge in [-0.3, -0.25) is 10.1 Å². The Kier molecular flexibility index (Phi) is 5.21. The van der Waals surface area contributed by atoms with Crippen LogP contribution in [0.3, 0.4) is 0 Å². The van der Waals surface area contributed by atoms with Gasteiger partial charge in [-0.15, -0.1) is 0 Å². The Bertz CT molecular complexity index is 861. The van der Waals surface area contributed by atoms with Crippen molar-refractivity contribution in [3.05, 3.63) is 73.5 Å². The minimum Gasteiger partial charge on any atom is -0.457 e. The summed E-state index contributed by atoms with van der Waals surface area (Å²) < 4.78 is 70.4. The van der Waals surface area contributed by atoms with Gasteiger partial charge in [0, 0.05) is 12.1 Å². The zero-order chi connectivity index (χ0) is 18.9. The fraction of sp³-hybridized carbons (Fsp3) is 0.0714. The number of esters is 1. The zero-order valence-corrected chi connectivity index (χ0v) is 12.5. The molecule has 0 aliphatic carbocycles. The highest BCUT2D eigenvalue weighted by atomic mass is 35.5. The first-order chi connectivity index (χ1) is 11.6. The first-order valence-electron chi connectivity index (χ1n) is 6.26. The average Bonchev–Trinajstić information content (AvgIpc) is 2.57. The lowest BCUT2D eigenvalue weighted by molar-refractivity contribution is -0.384. The molecule has 0 aliphatic heterocycles. The number of rotatable bonds is 4. The number of nitro benzene ring substituents is 1. The molecule has 0 saturated carbocycles. The Morgan fingerprint density at radius 2 is 1.56 bits per heavy atom. The van der Waals surface area contributed by atoms with Crippen LogP contribution in [0.15, 0.2) is 18.2 Å². The fourth-order valence-electron chi connectivity index (χ4n) is 1.78. The van der Waals surface area contributed by atoms with Gasteiger partial charge < -0.3 is 4.74 Å². The largest absolute Gasteiger partial charge is 0.457 e. The molecule has 0 heterocycles. The van der Waals surface area contributed by atoms with Gasteiger partial charge in [-0.05, 0) is 6.07 Å². The molecule has 2 aromatic rings. The van der Waals surface area contributed by atoms with E-state index in [1.807, 2.05) is 0 Å². The Balaban J connectivity index is 2.25. The number of ether oxygens (including phenoxy) is 1. The number of carbonyl (C=O) groups excluding carboxylic acids is 1. The quantitative estimate of drug-likeness (QED) is 0.198. The zero-order valence-electron chi connectivity index (χ0n) is 11.8. The molecule has 0 radical (unpaired) electrons. The highest BCUT2D eigenvalue weighted by molar-refractivity contribution is 6.33. The Morgan fingerprint density at radius 3 is 2.04 bits per heavy atom. The number of halogens is 6. The maximum absolute atomic E-state index is 13.5. The van der Waals surface area contributed by atoms with Crippen molar-refractivity contribution < 1.29 is 36.4 Å². The van der Waals surface area contributed by atoms with Gasteiger partial charge in [0.1, 0.15) is 6.61 Å². The average molecular weight is 382 g/mol. The molecule has 0 amide bonds. The molecular weight excluding hydrogens is 377 g/mol. The molecule has 0 bridgehead atoms. The standard InChI is InChI=1S/C14H5ClF5NO4/c15-8-3-5(21(23)24)1-2-6(8)14(22)25-4-7-9(16)11(18)13(20)12(19)10(7)17/h1-3H,4H2. The van der Waals surface area contributed by atoms with E-state index < -0.39 is 68.4 Å². The summed E-state index contributed by atoms with van der Waals surface area (Å²) in [5, 5.41) is 10.2. The van der Waals surface area contributed by atoms with Crippen LogP contribution in [-0.4, -0.2) is 10.9 Å². The van der Waals surface area contributed by atoms with E-state index in [1.165, 1.54) is 0 Å². The van der Waals surface area contributed by atoms with Gasteiger partial charge in [-0.2, -0.15) is 0 Å². The Hall–Kier alpha value is -2.75. The second-order valence-electron chi connectivity index (χ2n) is 4.55. The molecule has 0 unspecified atom stereocenters. The minimum absolute atomic E-state index is 0.392. The highest BCUT2D eigenvalue weighted by Gasteiger charge is 2.27. The number of non-ortho nitro benzene ring substituents is 1. The van der Waals surface area contributed by atoms with E-state index in [0.717, 1.165) is 18.2 Å². The van der Waals surface area contributed by atoms with Crippen molar-refractivity contribution in [3.8, 4) is 0 Å². The van der Waals surface area contributed by atoms with E-state index in [1.54, 1.807) is 0 Å². The van der Waals surface area contributed by atoms with Crippen LogP contribution in [0, 0.1) is 39.2 Å². The molecule has 0 N–H and O–H groups in total. The Labute approximate surface area is 140 Å². The third kappa shape index (κ3) is 3.53. The topological polar surface area (TPSA) is 69.4 Å². The third-order valence-corrected chi connectivity index (χ3v) is 3.34. The van der Waals surface area contributed by atoms with E-state index in [4.69, 9.17) is 11.6 Å². The molecule has 0 atom stereocenters. The van der Waals surface area contributed by atoms with E-state index >= 15 is 0 Å². The van der Waals surface area contributed by atoms with E-state index in [2.05, 4.69) is 4.74 Å². The normalized spacial score (nSPS) is 10.6. The summed E-state index contributed by atoms with van der Waals surface area (Å²) in [5.74, 6) is -12.3. The van der Waals surface area contributed by atoms with Crippen LogP contribution in [0.2, 0.25) is 5.02 Å². The molecule has 2 aromatic carbocycles. The lowest BCUT2D eigenvalue weighted by atomic mass is 10.1. The van der Waals surface area contributed by atoms with E-state index in [9.17, 15) is 36.9 Å². The van der Waals surface area contributed by atoms with Crippen molar-refractivity contribution in [2.45, 2.75) is 6.61 Å². The minimum atomic E-state index is -2.34. The SMILES string of the molecule is O=C(OCc1c(F)c(F)c(F)c(F)c1F)c1ccc([N+](=O)[O-])cc1Cl. The van der Waals surface area contributed by atoms with Crippen LogP contribution >= 0.6 is 11.6 Å². The van der Waals surface area contributed by atoms with E-state index in [0.29, 0.717) is 0 Å². The van der Waals surface area contributed by atoms with Gasteiger partial charge >= 0.3 is 5.97 Å². The first-order valence-corrected chi connectivity index (χ1v) is 6.64. The molecule has 132 valence electrons. The van der Waals surface area contributed by atoms with Crippen molar-refractivity contribution in [1.82, 2.24) is 0 Å². The molecular formula is C14H5ClF5NO4. The maximum Gasteiger partial charge on any atom is 0.339 e. The smallest absolute Gasteiger partial charge is 0.339 e. The number of hydrogen-bond acceptors (Lipinski definition) is 4. The number of nitrogens with zero attached hydrogens (tertiary/aromatic N) is 1. The lowest BCUT2D eigenvalue weighted by Gasteiger charge is -2.09. The van der Waals surface area contributed by atoms with Crippen molar-refractivity contribution in [3.63, 3.8) is 0 Å². The summed E-state index contributed by atoms with van der Waals surface area (Å²) >= 11 is 5.66. The van der Waals surface area contributed by atoms with Gasteiger partial charge in [0.25, 0.3) is 5.69 Å². The van der Waals surface area contributed by atoms with Crippen LogP contribution in [0.4, 0.5) is 27.6 Å². The van der Waals surface area contributed by atoms with Crippen LogP contribution in [0.25, 0.3) is 0 Å². The number of hydrogen-bond donors (Lipinski definition) is 0. The summed E-state index contributed by atoms with van der Waals surface area (Å²) in [7, 11) is 0. The summed E-state index contributed by atoms with van der Waals surface area (Å²) in [6, 6.07) is 2.67. The van der Waals surface area contributed by atoms with Crippen molar-refractivity contribution in [2.75, 3.05) is 0 Å². The maximum atomic E-state index is 13.5. The summed E-state index contributed by atoms with van der Waals surface area (Å²) in [6.45, 7) is -1.27. The molecule has 0 spiro atoms. The van der Waals surface area contributed by atoms with Crippen LogP contribution < -0.4 is 0 Å². The van der Waals surface area contributed by atoms with Crippen molar-refractivity contribution in [2.24, 2.45) is 0 Å². The van der Waals surface area contributed by atoms with Crippen LogP contribution in [-0.2, 0) is 11.3 Å². The molecule has 0 aliphatic rings. The molecule has 0 fully saturated rings. The van der Waals surface area contributed by atoms with Gasteiger partial charge in [-0.25, -0.2) is 26.7 Å². The van der Waals surface area contributed by atoms with Crippen molar-refractivity contribution in [1.29, 1.82) is 0 Å². The number of nitro groups is 1. The lowest BCUT2D eigenvalue weighted by Crippen LogP contribution is -2.12. The molecule has 0 aromatic heterocycles. The van der Waals surface area contributed by atoms with Gasteiger partial charge in [0.15, 0.2) is 23.3 Å². The predicted octanol–water partition coefficient (Wildman–Crippen LogP) is 4.30. The summed E-state index contributed by atoms with van der Waals surface area (Å²) in [4.78, 5) is 21.6. The van der Waals surface area contributed by atoms with Gasteiger partial charge in [0.05, 0.1) is 21.1 Å².